The summed E-state index contributed by atoms with van der Waals surface area (Å²) >= 11 is 0. The fraction of sp³-hybridized carbons (Fsp3) is 0.571. The molecular weight excluding hydrogens is 282 g/mol. The smallest absolute Gasteiger partial charge is 0.272 e. The van der Waals surface area contributed by atoms with Crippen molar-refractivity contribution in [1.82, 2.24) is 9.88 Å². The van der Waals surface area contributed by atoms with Crippen LogP contribution in [0.25, 0.3) is 0 Å². The third-order valence-electron chi connectivity index (χ3n) is 3.30. The highest BCUT2D eigenvalue weighted by atomic mass is 19.3. The highest BCUT2D eigenvalue weighted by Crippen LogP contribution is 2.32. The molecule has 116 valence electrons. The normalized spacial score (nSPS) is 15.9. The first kappa shape index (κ1) is 15.6. The molecule has 0 bridgehead atoms. The van der Waals surface area contributed by atoms with Crippen molar-refractivity contribution in [2.75, 3.05) is 20.2 Å². The second kappa shape index (κ2) is 6.80. The molecule has 1 amide bonds. The van der Waals surface area contributed by atoms with Crippen LogP contribution in [-0.2, 0) is 0 Å². The average molecular weight is 300 g/mol. The van der Waals surface area contributed by atoms with E-state index in [4.69, 9.17) is 4.74 Å². The van der Waals surface area contributed by atoms with Crippen LogP contribution in [0.4, 0.5) is 8.78 Å². The Labute approximate surface area is 121 Å². The van der Waals surface area contributed by atoms with Crippen molar-refractivity contribution in [3.8, 4) is 5.75 Å². The minimum absolute atomic E-state index is 0.104. The minimum Gasteiger partial charge on any atom is -0.488 e. The molecule has 7 heteroatoms. The summed E-state index contributed by atoms with van der Waals surface area (Å²) in [6.45, 7) is -0.499. The van der Waals surface area contributed by atoms with E-state index in [0.29, 0.717) is 0 Å². The van der Waals surface area contributed by atoms with Gasteiger partial charge in [0.1, 0.15) is 18.1 Å². The van der Waals surface area contributed by atoms with Gasteiger partial charge in [-0.05, 0) is 24.8 Å². The van der Waals surface area contributed by atoms with E-state index in [0.717, 1.165) is 12.8 Å². The number of likely N-dealkylation sites (N-methyl/N-ethyl adjacent to an activating group) is 1. The second-order valence-corrected chi connectivity index (χ2v) is 5.17. The van der Waals surface area contributed by atoms with Crippen molar-refractivity contribution >= 4 is 5.91 Å². The second-order valence-electron chi connectivity index (χ2n) is 5.17. The van der Waals surface area contributed by atoms with Crippen molar-refractivity contribution in [2.45, 2.75) is 25.4 Å². The molecule has 1 unspecified atom stereocenters. The number of carbonyl (C=O) groups is 1. The number of hydrogen-bond donors (Lipinski definition) is 1. The third kappa shape index (κ3) is 4.63. The van der Waals surface area contributed by atoms with Gasteiger partial charge >= 0.3 is 0 Å². The summed E-state index contributed by atoms with van der Waals surface area (Å²) in [6.07, 6.45) is 0.196. The van der Waals surface area contributed by atoms with Crippen molar-refractivity contribution in [3.05, 3.63) is 24.0 Å². The van der Waals surface area contributed by atoms with Gasteiger partial charge in [-0.25, -0.2) is 8.78 Å². The zero-order valence-corrected chi connectivity index (χ0v) is 11.7. The van der Waals surface area contributed by atoms with E-state index in [-0.39, 0.29) is 29.8 Å². The predicted octanol–water partition coefficient (Wildman–Crippen LogP) is 1.57. The van der Waals surface area contributed by atoms with Crippen molar-refractivity contribution < 1.29 is 23.4 Å². The third-order valence-corrected chi connectivity index (χ3v) is 3.30. The maximum Gasteiger partial charge on any atom is 0.272 e. The molecule has 1 fully saturated rings. The van der Waals surface area contributed by atoms with E-state index >= 15 is 0 Å². The van der Waals surface area contributed by atoms with E-state index < -0.39 is 19.1 Å². The number of carbonyl (C=O) groups excluding carboxylic acids is 1. The Bertz CT molecular complexity index is 495. The van der Waals surface area contributed by atoms with Crippen molar-refractivity contribution in [1.29, 1.82) is 0 Å². The Morgan fingerprint density at radius 1 is 1.57 bits per heavy atom. The SMILES string of the molecule is CN(CC(O)C1CC1)C(=O)c1cc(OCC(F)F)ccn1. The number of halogens is 2. The lowest BCUT2D eigenvalue weighted by Gasteiger charge is -2.20. The maximum atomic E-state index is 12.2. The molecule has 0 saturated heterocycles. The van der Waals surface area contributed by atoms with Crippen LogP contribution in [-0.4, -0.2) is 53.6 Å². The molecule has 1 aromatic heterocycles. The molecular formula is C14H18F2N2O3. The van der Waals surface area contributed by atoms with Gasteiger partial charge in [-0.2, -0.15) is 0 Å². The van der Waals surface area contributed by atoms with Gasteiger partial charge in [0.2, 0.25) is 0 Å². The van der Waals surface area contributed by atoms with Gasteiger partial charge in [0, 0.05) is 25.9 Å². The molecule has 1 saturated carbocycles. The van der Waals surface area contributed by atoms with Crippen LogP contribution in [0.1, 0.15) is 23.3 Å². The van der Waals surface area contributed by atoms with Crippen LogP contribution in [0.15, 0.2) is 18.3 Å². The molecule has 5 nitrogen and oxygen atoms in total. The van der Waals surface area contributed by atoms with Crippen LogP contribution >= 0.6 is 0 Å². The van der Waals surface area contributed by atoms with E-state index in [1.54, 1.807) is 7.05 Å². The largest absolute Gasteiger partial charge is 0.488 e. The number of aliphatic hydroxyl groups is 1. The highest BCUT2D eigenvalue weighted by molar-refractivity contribution is 5.92. The Morgan fingerprint density at radius 3 is 2.90 bits per heavy atom. The molecule has 0 radical (unpaired) electrons. The Hall–Kier alpha value is -1.76. The lowest BCUT2D eigenvalue weighted by Crippen LogP contribution is -2.35. The number of amides is 1. The van der Waals surface area contributed by atoms with E-state index in [9.17, 15) is 18.7 Å². The van der Waals surface area contributed by atoms with Gasteiger partial charge in [0.15, 0.2) is 0 Å². The number of alkyl halides is 2. The number of nitrogens with zero attached hydrogens (tertiary/aromatic N) is 2. The Morgan fingerprint density at radius 2 is 2.29 bits per heavy atom. The molecule has 1 aliphatic rings. The van der Waals surface area contributed by atoms with Crippen LogP contribution < -0.4 is 4.74 Å². The number of ether oxygens (including phenoxy) is 1. The predicted molar refractivity (Wildman–Crippen MR) is 71.4 cm³/mol. The first-order valence-corrected chi connectivity index (χ1v) is 6.78. The minimum atomic E-state index is -2.58. The van der Waals surface area contributed by atoms with Crippen LogP contribution in [0.2, 0.25) is 0 Å². The molecule has 0 aliphatic heterocycles. The Kier molecular flexibility index (Phi) is 5.06. The van der Waals surface area contributed by atoms with Crippen LogP contribution in [0, 0.1) is 5.92 Å². The zero-order chi connectivity index (χ0) is 15.4. The molecule has 1 N–H and O–H groups in total. The van der Waals surface area contributed by atoms with E-state index in [1.807, 2.05) is 0 Å². The number of pyridine rings is 1. The maximum absolute atomic E-state index is 12.2. The fourth-order valence-corrected chi connectivity index (χ4v) is 1.97. The summed E-state index contributed by atoms with van der Waals surface area (Å²) < 4.78 is 29.0. The monoisotopic (exact) mass is 300 g/mol. The van der Waals surface area contributed by atoms with Gasteiger partial charge in [0.05, 0.1) is 6.10 Å². The lowest BCUT2D eigenvalue weighted by molar-refractivity contribution is 0.0638. The van der Waals surface area contributed by atoms with Crippen LogP contribution in [0.3, 0.4) is 0 Å². The van der Waals surface area contributed by atoms with E-state index in [2.05, 4.69) is 4.98 Å². The molecule has 1 atom stereocenters. The number of hydrogen-bond acceptors (Lipinski definition) is 4. The summed E-state index contributed by atoms with van der Waals surface area (Å²) in [7, 11) is 1.57. The topological polar surface area (TPSA) is 62.7 Å². The number of aliphatic hydroxyl groups excluding tert-OH is 1. The van der Waals surface area contributed by atoms with Gasteiger partial charge in [-0.3, -0.25) is 9.78 Å². The summed E-state index contributed by atoms with van der Waals surface area (Å²) in [4.78, 5) is 17.5. The van der Waals surface area contributed by atoms with Crippen molar-refractivity contribution in [2.24, 2.45) is 5.92 Å². The van der Waals surface area contributed by atoms with Gasteiger partial charge < -0.3 is 14.7 Å². The molecule has 1 aliphatic carbocycles. The zero-order valence-electron chi connectivity index (χ0n) is 11.7. The highest BCUT2D eigenvalue weighted by Gasteiger charge is 2.31. The van der Waals surface area contributed by atoms with Crippen LogP contribution in [0.5, 0.6) is 5.75 Å². The molecule has 21 heavy (non-hydrogen) atoms. The molecule has 1 aromatic rings. The number of rotatable bonds is 7. The van der Waals surface area contributed by atoms with Gasteiger partial charge in [-0.1, -0.05) is 0 Å². The first-order chi connectivity index (χ1) is 9.97. The lowest BCUT2D eigenvalue weighted by atomic mass is 10.2. The van der Waals surface area contributed by atoms with E-state index in [1.165, 1.54) is 23.2 Å². The standard InChI is InChI=1S/C14H18F2N2O3/c1-18(7-12(19)9-2-3-9)14(20)11-6-10(4-5-17-11)21-8-13(15)16/h4-6,9,12-13,19H,2-3,7-8H2,1H3. The fourth-order valence-electron chi connectivity index (χ4n) is 1.97. The first-order valence-electron chi connectivity index (χ1n) is 6.78. The van der Waals surface area contributed by atoms with Gasteiger partial charge in [0.25, 0.3) is 12.3 Å². The average Bonchev–Trinajstić information content (AvgIpc) is 3.29. The molecule has 0 aromatic carbocycles. The Balaban J connectivity index is 1.95. The summed E-state index contributed by atoms with van der Waals surface area (Å²) in [5.41, 5.74) is 0.104. The summed E-state index contributed by atoms with van der Waals surface area (Å²) in [5, 5.41) is 9.83. The summed E-state index contributed by atoms with van der Waals surface area (Å²) in [6, 6.07) is 2.74. The quantitative estimate of drug-likeness (QED) is 0.830. The number of aromatic nitrogens is 1. The molecule has 1 heterocycles. The molecule has 0 spiro atoms. The summed E-state index contributed by atoms with van der Waals surface area (Å²) in [5.74, 6) is 0.0657. The van der Waals surface area contributed by atoms with Gasteiger partial charge in [-0.15, -0.1) is 0 Å². The van der Waals surface area contributed by atoms with Crippen molar-refractivity contribution in [3.63, 3.8) is 0 Å². The molecule has 2 rings (SSSR count).